The van der Waals surface area contributed by atoms with E-state index < -0.39 is 0 Å². The molecule has 4 aromatic rings. The van der Waals surface area contributed by atoms with Crippen LogP contribution in [0.1, 0.15) is 12.8 Å². The van der Waals surface area contributed by atoms with Crippen LogP contribution in [0.3, 0.4) is 0 Å². The second kappa shape index (κ2) is 15.4. The Labute approximate surface area is 257 Å². The third kappa shape index (κ3) is 7.68. The van der Waals surface area contributed by atoms with Gasteiger partial charge < -0.3 is 34.1 Å². The molecule has 1 fully saturated rings. The second-order valence-electron chi connectivity index (χ2n) is 9.39. The first-order valence-electron chi connectivity index (χ1n) is 13.1. The number of benzene rings is 2. The van der Waals surface area contributed by atoms with Crippen molar-refractivity contribution in [3.8, 4) is 11.5 Å². The lowest BCUT2D eigenvalue weighted by Gasteiger charge is -2.34. The first-order valence-corrected chi connectivity index (χ1v) is 14.9. The first kappa shape index (κ1) is 32.6. The molecule has 0 saturated carbocycles. The first-order chi connectivity index (χ1) is 19.6. The van der Waals surface area contributed by atoms with Gasteiger partial charge in [-0.3, -0.25) is 0 Å². The van der Waals surface area contributed by atoms with Crippen LogP contribution in [-0.4, -0.2) is 40.4 Å². The molecule has 0 radical (unpaired) electrons. The van der Waals surface area contributed by atoms with Gasteiger partial charge in [0.05, 0.1) is 49.9 Å². The summed E-state index contributed by atoms with van der Waals surface area (Å²) < 4.78 is 15.4. The molecule has 2 aromatic carbocycles. The molecular formula is C30H40N8O2S2. The molecule has 224 valence electrons. The number of thiazole rings is 2. The Hall–Kier alpha value is -3.90. The summed E-state index contributed by atoms with van der Waals surface area (Å²) in [4.78, 5) is 4.81. The molecule has 0 aliphatic carbocycles. The third-order valence-electron chi connectivity index (χ3n) is 6.74. The van der Waals surface area contributed by atoms with E-state index in [2.05, 4.69) is 42.4 Å². The Morgan fingerprint density at radius 2 is 1.05 bits per heavy atom. The largest absolute Gasteiger partial charge is 0.495 e. The standard InChI is InChI=1S/C28H34N8O2S2.2CH3/c1-33-15-17-39-27(33)31-29-21-7-9-23(25(19-21)37-3)35-11-5-13-36(14-6-12-35)24-10-8-22(20-26(24)38-4)30-32-28-34(2)16-18-40-28;;/h7-10,15-20H,5-6,11-14H2,1-4H3;2*1H3/q+2;2*-1. The molecule has 10 nitrogen and oxygen atoms in total. The van der Waals surface area contributed by atoms with Crippen molar-refractivity contribution in [3.05, 3.63) is 74.4 Å². The highest BCUT2D eigenvalue weighted by atomic mass is 32.1. The van der Waals surface area contributed by atoms with Gasteiger partial charge in [0.15, 0.2) is 0 Å². The minimum atomic E-state index is 0. The van der Waals surface area contributed by atoms with Gasteiger partial charge in [-0.2, -0.15) is 0 Å². The number of methoxy groups -OCH3 is 2. The number of azo groups is 2. The van der Waals surface area contributed by atoms with E-state index in [0.717, 1.165) is 83.5 Å². The normalized spacial score (nSPS) is 13.9. The molecule has 1 saturated heterocycles. The van der Waals surface area contributed by atoms with Gasteiger partial charge in [-0.15, -0.1) is 0 Å². The van der Waals surface area contributed by atoms with E-state index in [1.807, 2.05) is 70.6 Å². The topological polar surface area (TPSA) is 82.1 Å². The molecule has 5 rings (SSSR count). The van der Waals surface area contributed by atoms with E-state index in [1.54, 1.807) is 36.9 Å². The lowest BCUT2D eigenvalue weighted by molar-refractivity contribution is -0.654. The van der Waals surface area contributed by atoms with Crippen LogP contribution < -0.4 is 28.4 Å². The molecule has 0 N–H and O–H groups in total. The number of nitrogens with zero attached hydrogens (tertiary/aromatic N) is 8. The monoisotopic (exact) mass is 608 g/mol. The number of aromatic nitrogens is 2. The molecule has 12 heteroatoms. The van der Waals surface area contributed by atoms with Crippen molar-refractivity contribution in [2.24, 2.45) is 34.6 Å². The molecule has 2 aromatic heterocycles. The highest BCUT2D eigenvalue weighted by Crippen LogP contribution is 2.36. The molecule has 1 aliphatic heterocycles. The fraction of sp³-hybridized carbons (Fsp3) is 0.333. The van der Waals surface area contributed by atoms with Crippen LogP contribution in [0.2, 0.25) is 0 Å². The number of anilines is 2. The molecule has 0 spiro atoms. The molecule has 3 heterocycles. The number of hydrogen-bond acceptors (Lipinski definition) is 10. The summed E-state index contributed by atoms with van der Waals surface area (Å²) in [5, 5.41) is 23.3. The van der Waals surface area contributed by atoms with E-state index >= 15 is 0 Å². The fourth-order valence-electron chi connectivity index (χ4n) is 4.64. The van der Waals surface area contributed by atoms with Crippen molar-refractivity contribution in [2.75, 3.05) is 50.2 Å². The Balaban J connectivity index is 0.00000242. The van der Waals surface area contributed by atoms with E-state index in [1.165, 1.54) is 0 Å². The molecule has 0 atom stereocenters. The Morgan fingerprint density at radius 3 is 1.38 bits per heavy atom. The summed E-state index contributed by atoms with van der Waals surface area (Å²) in [5.74, 6) is 1.62. The van der Waals surface area contributed by atoms with Crippen LogP contribution in [0.25, 0.3) is 0 Å². The lowest BCUT2D eigenvalue weighted by atomic mass is 10.1. The van der Waals surface area contributed by atoms with Crippen LogP contribution in [0.15, 0.2) is 80.0 Å². The van der Waals surface area contributed by atoms with Crippen molar-refractivity contribution in [1.29, 1.82) is 0 Å². The molecular weight excluding hydrogens is 569 g/mol. The Kier molecular flexibility index (Phi) is 11.9. The maximum atomic E-state index is 5.76. The SMILES string of the molecule is COc1cc(N=Nc2scc[n+]2C)ccc1N1CCCN(c2ccc(N=Nc3scc[n+]3C)cc2OC)CCC1.[CH3-].[CH3-]. The number of hydrogen-bond donors (Lipinski definition) is 0. The van der Waals surface area contributed by atoms with Gasteiger partial charge in [0.25, 0.3) is 0 Å². The summed E-state index contributed by atoms with van der Waals surface area (Å²) in [7, 11) is 7.34. The van der Waals surface area contributed by atoms with Crippen LogP contribution in [0, 0.1) is 14.9 Å². The summed E-state index contributed by atoms with van der Waals surface area (Å²) in [6.45, 7) is 3.69. The minimum Gasteiger partial charge on any atom is -0.495 e. The van der Waals surface area contributed by atoms with Crippen LogP contribution in [0.5, 0.6) is 11.5 Å². The maximum absolute atomic E-state index is 5.76. The van der Waals surface area contributed by atoms with Crippen molar-refractivity contribution in [3.63, 3.8) is 0 Å². The molecule has 0 amide bonds. The quantitative estimate of drug-likeness (QED) is 0.119. The molecule has 42 heavy (non-hydrogen) atoms. The van der Waals surface area contributed by atoms with Crippen LogP contribution in [0.4, 0.5) is 33.0 Å². The van der Waals surface area contributed by atoms with Gasteiger partial charge in [-0.1, -0.05) is 0 Å². The summed E-state index contributed by atoms with van der Waals surface area (Å²) in [5.41, 5.74) is 3.71. The average molecular weight is 609 g/mol. The third-order valence-corrected chi connectivity index (χ3v) is 8.42. The maximum Gasteiger partial charge on any atom is 0.408 e. The summed E-state index contributed by atoms with van der Waals surface area (Å²) >= 11 is 3.11. The highest BCUT2D eigenvalue weighted by molar-refractivity contribution is 7.13. The molecule has 0 bridgehead atoms. The fourth-order valence-corrected chi connectivity index (χ4v) is 6.00. The van der Waals surface area contributed by atoms with E-state index in [4.69, 9.17) is 9.47 Å². The zero-order valence-corrected chi connectivity index (χ0v) is 26.9. The Bertz CT molecular complexity index is 1380. The predicted octanol–water partition coefficient (Wildman–Crippen LogP) is 7.31. The zero-order chi connectivity index (χ0) is 27.9. The predicted molar refractivity (Wildman–Crippen MR) is 172 cm³/mol. The van der Waals surface area contributed by atoms with Crippen molar-refractivity contribution in [1.82, 2.24) is 0 Å². The van der Waals surface area contributed by atoms with Gasteiger partial charge in [0.2, 0.25) is 0 Å². The van der Waals surface area contributed by atoms with Gasteiger partial charge in [0.1, 0.15) is 35.3 Å². The number of ether oxygens (including phenoxy) is 2. The van der Waals surface area contributed by atoms with Gasteiger partial charge >= 0.3 is 10.3 Å². The number of rotatable bonds is 8. The number of aryl methyl sites for hydroxylation is 2. The molecule has 0 unspecified atom stereocenters. The average Bonchev–Trinajstić information content (AvgIpc) is 3.57. The van der Waals surface area contributed by atoms with E-state index in [0.29, 0.717) is 0 Å². The minimum absolute atomic E-state index is 0. The summed E-state index contributed by atoms with van der Waals surface area (Å²) in [6, 6.07) is 12.1. The lowest BCUT2D eigenvalue weighted by Crippen LogP contribution is -2.37. The zero-order valence-electron chi connectivity index (χ0n) is 25.2. The Morgan fingerprint density at radius 1 is 0.643 bits per heavy atom. The van der Waals surface area contributed by atoms with Gasteiger partial charge in [0, 0.05) is 49.1 Å². The second-order valence-corrected chi connectivity index (χ2v) is 11.1. The van der Waals surface area contributed by atoms with Crippen molar-refractivity contribution < 1.29 is 18.6 Å². The highest BCUT2D eigenvalue weighted by Gasteiger charge is 2.20. The van der Waals surface area contributed by atoms with Gasteiger partial charge in [-0.05, 0) is 70.0 Å². The van der Waals surface area contributed by atoms with Crippen molar-refractivity contribution in [2.45, 2.75) is 12.8 Å². The molecule has 1 aliphatic rings. The van der Waals surface area contributed by atoms with Crippen molar-refractivity contribution >= 4 is 55.7 Å². The van der Waals surface area contributed by atoms with Crippen LogP contribution in [-0.2, 0) is 14.1 Å². The van der Waals surface area contributed by atoms with Gasteiger partial charge in [-0.25, -0.2) is 9.13 Å². The summed E-state index contributed by atoms with van der Waals surface area (Å²) in [6.07, 6.45) is 5.94. The van der Waals surface area contributed by atoms with E-state index in [-0.39, 0.29) is 14.9 Å². The van der Waals surface area contributed by atoms with E-state index in [9.17, 15) is 0 Å². The smallest absolute Gasteiger partial charge is 0.408 e. The van der Waals surface area contributed by atoms with Crippen LogP contribution >= 0.6 is 22.7 Å².